The number of fused-ring (bicyclic) bond motifs is 4. The summed E-state index contributed by atoms with van der Waals surface area (Å²) in [6.45, 7) is 3.69. The van der Waals surface area contributed by atoms with Crippen molar-refractivity contribution in [2.45, 2.75) is 19.3 Å². The quantitative estimate of drug-likeness (QED) is 0.679. The number of aromatic amines is 1. The minimum absolute atomic E-state index is 0.0800. The Morgan fingerprint density at radius 2 is 2.17 bits per heavy atom. The largest absolute Gasteiger partial charge is 0.420 e. The third-order valence-corrected chi connectivity index (χ3v) is 4.48. The summed E-state index contributed by atoms with van der Waals surface area (Å²) >= 11 is 0. The lowest BCUT2D eigenvalue weighted by Crippen LogP contribution is -2.42. The van der Waals surface area contributed by atoms with E-state index in [0.717, 1.165) is 5.56 Å². The van der Waals surface area contributed by atoms with Crippen molar-refractivity contribution < 1.29 is 9.53 Å². The molecule has 1 aromatic heterocycles. The van der Waals surface area contributed by atoms with Crippen LogP contribution in [0.2, 0.25) is 0 Å². The van der Waals surface area contributed by atoms with Gasteiger partial charge in [0.2, 0.25) is 17.7 Å². The van der Waals surface area contributed by atoms with E-state index >= 15 is 0 Å². The number of carbonyl (C=O) groups is 1. The van der Waals surface area contributed by atoms with Gasteiger partial charge in [-0.3, -0.25) is 9.89 Å². The zero-order valence-electron chi connectivity index (χ0n) is 12.5. The molecule has 1 atom stereocenters. The van der Waals surface area contributed by atoms with Crippen LogP contribution in [0.4, 0.5) is 5.69 Å². The summed E-state index contributed by atoms with van der Waals surface area (Å²) in [5.41, 5.74) is 8.17. The lowest BCUT2D eigenvalue weighted by Gasteiger charge is -2.31. The molecule has 0 bridgehead atoms. The topological polar surface area (TPSA) is 117 Å². The SMILES string of the molecule is Cc1cccc2c1NC(=O)[C@@]21C(C#N)=C(N)Oc2n[nH]c(C)c21. The molecule has 0 saturated heterocycles. The standard InChI is InChI=1S/C16H13N5O2/c1-7-4-3-5-9-12(7)19-15(22)16(9)10(6-17)13(18)23-14-11(16)8(2)20-21-14/h3-5H,18H2,1-2H3,(H,19,22)(H,20,21)/t16-/m1/s1. The van der Waals surface area contributed by atoms with Crippen molar-refractivity contribution in [1.82, 2.24) is 10.2 Å². The van der Waals surface area contributed by atoms with Gasteiger partial charge in [-0.1, -0.05) is 18.2 Å². The fraction of sp³-hybridized carbons (Fsp3) is 0.188. The summed E-state index contributed by atoms with van der Waals surface area (Å²) in [5.74, 6) is -0.199. The van der Waals surface area contributed by atoms with E-state index in [4.69, 9.17) is 10.5 Å². The van der Waals surface area contributed by atoms with Crippen LogP contribution in [0.3, 0.4) is 0 Å². The normalized spacial score (nSPS) is 21.5. The molecule has 1 amide bonds. The lowest BCUT2D eigenvalue weighted by atomic mass is 9.69. The van der Waals surface area contributed by atoms with Crippen molar-refractivity contribution >= 4 is 11.6 Å². The van der Waals surface area contributed by atoms with E-state index in [-0.39, 0.29) is 23.2 Å². The molecule has 23 heavy (non-hydrogen) atoms. The van der Waals surface area contributed by atoms with E-state index in [1.807, 2.05) is 25.1 Å². The van der Waals surface area contributed by atoms with Gasteiger partial charge in [-0.15, -0.1) is 5.10 Å². The van der Waals surface area contributed by atoms with Crippen molar-refractivity contribution in [3.63, 3.8) is 0 Å². The highest BCUT2D eigenvalue weighted by molar-refractivity contribution is 6.13. The number of nitrogens with one attached hydrogen (secondary N) is 2. The van der Waals surface area contributed by atoms with Crippen molar-refractivity contribution in [1.29, 1.82) is 5.26 Å². The Morgan fingerprint density at radius 1 is 1.39 bits per heavy atom. The first kappa shape index (κ1) is 13.4. The molecule has 7 nitrogen and oxygen atoms in total. The number of nitrogens with zero attached hydrogens (tertiary/aromatic N) is 2. The maximum atomic E-state index is 13.0. The van der Waals surface area contributed by atoms with Crippen LogP contribution in [0.5, 0.6) is 5.88 Å². The number of ether oxygens (including phenoxy) is 1. The molecule has 0 saturated carbocycles. The van der Waals surface area contributed by atoms with Crippen LogP contribution >= 0.6 is 0 Å². The summed E-state index contributed by atoms with van der Waals surface area (Å²) in [5, 5.41) is 19.5. The summed E-state index contributed by atoms with van der Waals surface area (Å²) in [6.07, 6.45) is 0. The van der Waals surface area contributed by atoms with Gasteiger partial charge in [0.15, 0.2) is 0 Å². The second kappa shape index (κ2) is 4.14. The lowest BCUT2D eigenvalue weighted by molar-refractivity contribution is -0.118. The zero-order chi connectivity index (χ0) is 16.4. The van der Waals surface area contributed by atoms with Gasteiger partial charge in [0.25, 0.3) is 0 Å². The van der Waals surface area contributed by atoms with Crippen LogP contribution in [-0.2, 0) is 10.2 Å². The average Bonchev–Trinajstić information content (AvgIpc) is 3.01. The Morgan fingerprint density at radius 3 is 2.91 bits per heavy atom. The number of hydrogen-bond acceptors (Lipinski definition) is 5. The van der Waals surface area contributed by atoms with Gasteiger partial charge in [0.1, 0.15) is 17.1 Å². The Bertz CT molecular complexity index is 950. The number of benzene rings is 1. The van der Waals surface area contributed by atoms with Gasteiger partial charge < -0.3 is 15.8 Å². The molecule has 114 valence electrons. The molecule has 0 unspecified atom stereocenters. The maximum absolute atomic E-state index is 13.0. The van der Waals surface area contributed by atoms with Gasteiger partial charge in [0.05, 0.1) is 5.56 Å². The van der Waals surface area contributed by atoms with Crippen LogP contribution < -0.4 is 15.8 Å². The van der Waals surface area contributed by atoms with Crippen LogP contribution in [0.15, 0.2) is 29.7 Å². The third kappa shape index (κ3) is 1.38. The molecule has 0 aliphatic carbocycles. The highest BCUT2D eigenvalue weighted by Crippen LogP contribution is 2.54. The molecule has 0 fully saturated rings. The predicted molar refractivity (Wildman–Crippen MR) is 81.4 cm³/mol. The number of carbonyl (C=O) groups excluding carboxylic acids is 1. The van der Waals surface area contributed by atoms with Crippen molar-refractivity contribution in [2.24, 2.45) is 5.73 Å². The van der Waals surface area contributed by atoms with Crippen molar-refractivity contribution in [2.75, 3.05) is 5.32 Å². The molecule has 2 aliphatic heterocycles. The number of amides is 1. The fourth-order valence-electron chi connectivity index (χ4n) is 3.50. The molecule has 0 radical (unpaired) electrons. The van der Waals surface area contributed by atoms with Crippen molar-refractivity contribution in [3.05, 3.63) is 52.0 Å². The monoisotopic (exact) mass is 307 g/mol. The second-order valence-corrected chi connectivity index (χ2v) is 5.68. The number of para-hydroxylation sites is 1. The molecule has 7 heteroatoms. The first-order chi connectivity index (χ1) is 11.0. The summed E-state index contributed by atoms with van der Waals surface area (Å²) in [4.78, 5) is 13.0. The molecule has 3 heterocycles. The smallest absolute Gasteiger partial charge is 0.245 e. The number of nitriles is 1. The summed E-state index contributed by atoms with van der Waals surface area (Å²) in [6, 6.07) is 7.64. The van der Waals surface area contributed by atoms with Crippen LogP contribution in [0.25, 0.3) is 0 Å². The molecule has 2 aliphatic rings. The van der Waals surface area contributed by atoms with Gasteiger partial charge in [-0.05, 0) is 19.4 Å². The minimum Gasteiger partial charge on any atom is -0.420 e. The zero-order valence-corrected chi connectivity index (χ0v) is 12.5. The highest BCUT2D eigenvalue weighted by atomic mass is 16.5. The van der Waals surface area contributed by atoms with E-state index < -0.39 is 5.41 Å². The predicted octanol–water partition coefficient (Wildman–Crippen LogP) is 1.35. The Labute approximate surface area is 131 Å². The average molecular weight is 307 g/mol. The molecule has 4 N–H and O–H groups in total. The molecule has 2 aromatic rings. The number of nitrogens with two attached hydrogens (primary N) is 1. The first-order valence-corrected chi connectivity index (χ1v) is 7.07. The van der Waals surface area contributed by atoms with Crippen LogP contribution in [0.1, 0.15) is 22.4 Å². The van der Waals surface area contributed by atoms with E-state index in [1.165, 1.54) is 0 Å². The van der Waals surface area contributed by atoms with Gasteiger partial charge >= 0.3 is 0 Å². The summed E-state index contributed by atoms with van der Waals surface area (Å²) < 4.78 is 5.45. The first-order valence-electron chi connectivity index (χ1n) is 7.07. The molecule has 1 spiro atoms. The van der Waals surface area contributed by atoms with Gasteiger partial charge in [-0.25, -0.2) is 0 Å². The number of H-pyrrole nitrogens is 1. The van der Waals surface area contributed by atoms with Crippen LogP contribution in [0, 0.1) is 25.2 Å². The molecule has 4 rings (SSSR count). The summed E-state index contributed by atoms with van der Waals surface area (Å²) in [7, 11) is 0. The maximum Gasteiger partial charge on any atom is 0.245 e. The molecular weight excluding hydrogens is 294 g/mol. The number of anilines is 1. The number of aromatic nitrogens is 2. The van der Waals surface area contributed by atoms with E-state index in [1.54, 1.807) is 6.92 Å². The minimum atomic E-state index is -1.33. The second-order valence-electron chi connectivity index (χ2n) is 5.68. The van der Waals surface area contributed by atoms with Crippen molar-refractivity contribution in [3.8, 4) is 11.9 Å². The number of rotatable bonds is 0. The Balaban J connectivity index is 2.19. The fourth-order valence-corrected chi connectivity index (χ4v) is 3.50. The highest BCUT2D eigenvalue weighted by Gasteiger charge is 2.58. The Kier molecular flexibility index (Phi) is 2.41. The third-order valence-electron chi connectivity index (χ3n) is 4.48. The molecular formula is C16H13N5O2. The Hall–Kier alpha value is -3.27. The molecule has 1 aromatic carbocycles. The van der Waals surface area contributed by atoms with E-state index in [9.17, 15) is 10.1 Å². The van der Waals surface area contributed by atoms with E-state index in [2.05, 4.69) is 21.6 Å². The number of hydrogen-bond donors (Lipinski definition) is 3. The van der Waals surface area contributed by atoms with E-state index in [0.29, 0.717) is 22.5 Å². The number of aryl methyl sites for hydroxylation is 2. The van der Waals surface area contributed by atoms with Crippen LogP contribution in [-0.4, -0.2) is 16.1 Å². The van der Waals surface area contributed by atoms with Gasteiger partial charge in [0, 0.05) is 16.9 Å². The van der Waals surface area contributed by atoms with Gasteiger partial charge in [-0.2, -0.15) is 5.26 Å².